The number of piperidine rings is 1. The van der Waals surface area contributed by atoms with E-state index in [0.29, 0.717) is 41.1 Å². The molecular weight excluding hydrogens is 418 g/mol. The number of hydrogen-bond acceptors (Lipinski definition) is 6. The Bertz CT molecular complexity index is 1080. The zero-order valence-electron chi connectivity index (χ0n) is 16.8. The van der Waals surface area contributed by atoms with E-state index in [4.69, 9.17) is 21.9 Å². The Hall–Kier alpha value is -3.23. The number of anilines is 1. The maximum atomic E-state index is 12.7. The summed E-state index contributed by atoms with van der Waals surface area (Å²) < 4.78 is 5.40. The molecule has 1 aliphatic heterocycles. The van der Waals surface area contributed by atoms with E-state index in [-0.39, 0.29) is 11.8 Å². The Balaban J connectivity index is 1.36. The Kier molecular flexibility index (Phi) is 6.29. The molecule has 1 fully saturated rings. The van der Waals surface area contributed by atoms with E-state index >= 15 is 0 Å². The SMILES string of the molecule is NC(=O)c1ccc(NC(=O)C2CCCN(Cc3nc(-c4ccccc4Cl)no3)C2)cc1. The lowest BCUT2D eigenvalue weighted by Gasteiger charge is -2.30. The molecule has 3 aromatic rings. The summed E-state index contributed by atoms with van der Waals surface area (Å²) in [6, 6.07) is 13.9. The van der Waals surface area contributed by atoms with Gasteiger partial charge in [-0.3, -0.25) is 14.5 Å². The van der Waals surface area contributed by atoms with E-state index in [2.05, 4.69) is 20.4 Å². The van der Waals surface area contributed by atoms with Crippen LogP contribution >= 0.6 is 11.6 Å². The van der Waals surface area contributed by atoms with E-state index in [1.165, 1.54) is 0 Å². The van der Waals surface area contributed by atoms with Crippen molar-refractivity contribution in [2.45, 2.75) is 19.4 Å². The van der Waals surface area contributed by atoms with Crippen LogP contribution in [0, 0.1) is 5.92 Å². The molecule has 1 atom stereocenters. The van der Waals surface area contributed by atoms with Gasteiger partial charge in [-0.15, -0.1) is 0 Å². The molecule has 1 unspecified atom stereocenters. The van der Waals surface area contributed by atoms with Crippen LogP contribution in [0.3, 0.4) is 0 Å². The van der Waals surface area contributed by atoms with Crippen molar-refractivity contribution in [3.8, 4) is 11.4 Å². The normalized spacial score (nSPS) is 16.7. The quantitative estimate of drug-likeness (QED) is 0.608. The fraction of sp³-hybridized carbons (Fsp3) is 0.273. The van der Waals surface area contributed by atoms with Gasteiger partial charge in [0.1, 0.15) is 0 Å². The third-order valence-electron chi connectivity index (χ3n) is 5.25. The molecule has 0 radical (unpaired) electrons. The second-order valence-corrected chi connectivity index (χ2v) is 7.90. The molecule has 4 rings (SSSR count). The number of carbonyl (C=O) groups is 2. The van der Waals surface area contributed by atoms with Gasteiger partial charge >= 0.3 is 0 Å². The van der Waals surface area contributed by atoms with Gasteiger partial charge in [-0.2, -0.15) is 4.98 Å². The highest BCUT2D eigenvalue weighted by Gasteiger charge is 2.27. The lowest BCUT2D eigenvalue weighted by atomic mass is 9.97. The second kappa shape index (κ2) is 9.28. The van der Waals surface area contributed by atoms with Crippen molar-refractivity contribution in [2.75, 3.05) is 18.4 Å². The van der Waals surface area contributed by atoms with Gasteiger partial charge in [0.15, 0.2) is 0 Å². The van der Waals surface area contributed by atoms with E-state index in [9.17, 15) is 9.59 Å². The number of likely N-dealkylation sites (tertiary alicyclic amines) is 1. The molecule has 0 spiro atoms. The molecule has 1 aromatic heterocycles. The third-order valence-corrected chi connectivity index (χ3v) is 5.58. The van der Waals surface area contributed by atoms with Crippen molar-refractivity contribution in [1.29, 1.82) is 0 Å². The zero-order chi connectivity index (χ0) is 21.8. The average Bonchev–Trinajstić information content (AvgIpc) is 3.22. The topological polar surface area (TPSA) is 114 Å². The molecule has 3 N–H and O–H groups in total. The molecule has 0 bridgehead atoms. The Morgan fingerprint density at radius 3 is 2.71 bits per heavy atom. The molecule has 1 aliphatic rings. The van der Waals surface area contributed by atoms with Crippen LogP contribution < -0.4 is 11.1 Å². The van der Waals surface area contributed by atoms with Crippen molar-refractivity contribution in [3.63, 3.8) is 0 Å². The summed E-state index contributed by atoms with van der Waals surface area (Å²) >= 11 is 6.21. The number of halogens is 1. The van der Waals surface area contributed by atoms with E-state index in [1.807, 2.05) is 18.2 Å². The first kappa shape index (κ1) is 21.0. The number of nitrogens with two attached hydrogens (primary N) is 1. The first-order valence-corrected chi connectivity index (χ1v) is 10.4. The van der Waals surface area contributed by atoms with Gasteiger partial charge < -0.3 is 15.6 Å². The molecule has 0 saturated carbocycles. The zero-order valence-corrected chi connectivity index (χ0v) is 17.5. The maximum absolute atomic E-state index is 12.7. The highest BCUT2D eigenvalue weighted by Crippen LogP contribution is 2.26. The molecule has 2 amide bonds. The third kappa shape index (κ3) is 5.10. The predicted octanol–water partition coefficient (Wildman–Crippen LogP) is 3.34. The van der Waals surface area contributed by atoms with Crippen molar-refractivity contribution in [3.05, 3.63) is 65.0 Å². The van der Waals surface area contributed by atoms with Crippen LogP contribution in [-0.4, -0.2) is 39.9 Å². The van der Waals surface area contributed by atoms with Gasteiger partial charge in [0.2, 0.25) is 23.5 Å². The van der Waals surface area contributed by atoms with Gasteiger partial charge in [-0.25, -0.2) is 0 Å². The molecule has 160 valence electrons. The summed E-state index contributed by atoms with van der Waals surface area (Å²) in [6.45, 7) is 1.91. The summed E-state index contributed by atoms with van der Waals surface area (Å²) in [5.41, 5.74) is 7.00. The Morgan fingerprint density at radius 1 is 1.19 bits per heavy atom. The minimum atomic E-state index is -0.500. The van der Waals surface area contributed by atoms with E-state index in [0.717, 1.165) is 24.9 Å². The first-order chi connectivity index (χ1) is 15.0. The molecule has 0 aliphatic carbocycles. The minimum Gasteiger partial charge on any atom is -0.366 e. The fourth-order valence-corrected chi connectivity index (χ4v) is 3.86. The fourth-order valence-electron chi connectivity index (χ4n) is 3.64. The summed E-state index contributed by atoms with van der Waals surface area (Å²) in [5.74, 6) is 0.221. The molecule has 2 aromatic carbocycles. The number of aromatic nitrogens is 2. The van der Waals surface area contributed by atoms with Crippen molar-refractivity contribution >= 4 is 29.1 Å². The lowest BCUT2D eigenvalue weighted by molar-refractivity contribution is -0.121. The molecule has 2 heterocycles. The summed E-state index contributed by atoms with van der Waals surface area (Å²) in [6.07, 6.45) is 1.70. The Labute approximate surface area is 184 Å². The van der Waals surface area contributed by atoms with Gasteiger partial charge in [-0.1, -0.05) is 28.9 Å². The Morgan fingerprint density at radius 2 is 1.97 bits per heavy atom. The van der Waals surface area contributed by atoms with Crippen LogP contribution in [0.15, 0.2) is 53.1 Å². The monoisotopic (exact) mass is 439 g/mol. The standard InChI is InChI=1S/C22H22ClN5O3/c23-18-6-2-1-5-17(18)21-26-19(31-27-21)13-28-11-3-4-15(12-28)22(30)25-16-9-7-14(8-10-16)20(24)29/h1-2,5-10,15H,3-4,11-13H2,(H2,24,29)(H,25,30). The molecule has 31 heavy (non-hydrogen) atoms. The molecule has 8 nitrogen and oxygen atoms in total. The van der Waals surface area contributed by atoms with Gasteiger partial charge in [0.25, 0.3) is 0 Å². The van der Waals surface area contributed by atoms with Crippen LogP contribution in [0.2, 0.25) is 5.02 Å². The second-order valence-electron chi connectivity index (χ2n) is 7.50. The summed E-state index contributed by atoms with van der Waals surface area (Å²) in [7, 11) is 0. The number of hydrogen-bond donors (Lipinski definition) is 2. The highest BCUT2D eigenvalue weighted by atomic mass is 35.5. The summed E-state index contributed by atoms with van der Waals surface area (Å²) in [5, 5.41) is 7.51. The number of nitrogens with one attached hydrogen (secondary N) is 1. The van der Waals surface area contributed by atoms with Gasteiger partial charge in [0.05, 0.1) is 17.5 Å². The predicted molar refractivity (Wildman–Crippen MR) is 116 cm³/mol. The van der Waals surface area contributed by atoms with Crippen LogP contribution in [0.4, 0.5) is 5.69 Å². The van der Waals surface area contributed by atoms with Crippen LogP contribution in [-0.2, 0) is 11.3 Å². The number of benzene rings is 2. The van der Waals surface area contributed by atoms with Crippen molar-refractivity contribution in [1.82, 2.24) is 15.0 Å². The maximum Gasteiger partial charge on any atom is 0.248 e. The number of primary amides is 1. The van der Waals surface area contributed by atoms with Crippen LogP contribution in [0.25, 0.3) is 11.4 Å². The van der Waals surface area contributed by atoms with E-state index < -0.39 is 5.91 Å². The van der Waals surface area contributed by atoms with Crippen molar-refractivity contribution < 1.29 is 14.1 Å². The van der Waals surface area contributed by atoms with Crippen LogP contribution in [0.5, 0.6) is 0 Å². The minimum absolute atomic E-state index is 0.0567. The molecule has 9 heteroatoms. The van der Waals surface area contributed by atoms with Gasteiger partial charge in [0, 0.05) is 23.4 Å². The highest BCUT2D eigenvalue weighted by molar-refractivity contribution is 6.33. The van der Waals surface area contributed by atoms with E-state index in [1.54, 1.807) is 30.3 Å². The number of carbonyl (C=O) groups excluding carboxylic acids is 2. The number of rotatable bonds is 6. The van der Waals surface area contributed by atoms with Crippen molar-refractivity contribution in [2.24, 2.45) is 11.7 Å². The van der Waals surface area contributed by atoms with Crippen LogP contribution in [0.1, 0.15) is 29.1 Å². The molecule has 1 saturated heterocycles. The first-order valence-electron chi connectivity index (χ1n) is 10.00. The largest absolute Gasteiger partial charge is 0.366 e. The van der Waals surface area contributed by atoms with Gasteiger partial charge in [-0.05, 0) is 55.8 Å². The number of nitrogens with zero attached hydrogens (tertiary/aromatic N) is 3. The number of amides is 2. The molecular formula is C22H22ClN5O3. The lowest BCUT2D eigenvalue weighted by Crippen LogP contribution is -2.40. The summed E-state index contributed by atoms with van der Waals surface area (Å²) in [4.78, 5) is 30.5. The smallest absolute Gasteiger partial charge is 0.248 e. The average molecular weight is 440 g/mol.